The Morgan fingerprint density at radius 2 is 1.91 bits per heavy atom. The van der Waals surface area contributed by atoms with E-state index in [1.165, 1.54) is 5.56 Å². The van der Waals surface area contributed by atoms with Crippen LogP contribution in [0.2, 0.25) is 5.02 Å². The molecule has 4 aromatic rings. The number of aromatic nitrogens is 2. The molecule has 1 fully saturated rings. The number of hydrogen-bond acceptors (Lipinski definition) is 3. The number of carbonyl (C=O) groups is 1. The number of rotatable bonds is 5. The second-order valence-electron chi connectivity index (χ2n) is 9.60. The highest BCUT2D eigenvalue weighted by Crippen LogP contribution is 2.65. The summed E-state index contributed by atoms with van der Waals surface area (Å²) in [7, 11) is 4.14. The van der Waals surface area contributed by atoms with Crippen molar-refractivity contribution in [3.05, 3.63) is 93.6 Å². The van der Waals surface area contributed by atoms with Gasteiger partial charge in [0.15, 0.2) is 0 Å². The SMILES string of the molecule is CN(C)Cc1ccc(/C=C/c2n[nH]c3cc(C4CC45C(=O)Nc4ccc(Cl)cc45)ccc23)cc1. The van der Waals surface area contributed by atoms with E-state index in [0.717, 1.165) is 51.9 Å². The number of halogens is 1. The van der Waals surface area contributed by atoms with Crippen LogP contribution in [0.15, 0.2) is 60.7 Å². The Morgan fingerprint density at radius 1 is 1.09 bits per heavy atom. The van der Waals surface area contributed by atoms with Crippen molar-refractivity contribution in [3.63, 3.8) is 0 Å². The summed E-state index contributed by atoms with van der Waals surface area (Å²) in [6, 6.07) is 20.6. The number of anilines is 1. The Bertz CT molecular complexity index is 1450. The van der Waals surface area contributed by atoms with Crippen molar-refractivity contribution >= 4 is 46.3 Å². The van der Waals surface area contributed by atoms with Crippen LogP contribution in [-0.4, -0.2) is 35.1 Å². The number of fused-ring (bicyclic) bond motifs is 3. The van der Waals surface area contributed by atoms with Gasteiger partial charge in [-0.25, -0.2) is 0 Å². The molecule has 3 aromatic carbocycles. The summed E-state index contributed by atoms with van der Waals surface area (Å²) in [6.07, 6.45) is 4.92. The van der Waals surface area contributed by atoms with Crippen LogP contribution < -0.4 is 5.32 Å². The highest BCUT2D eigenvalue weighted by atomic mass is 35.5. The number of H-pyrrole nitrogens is 1. The van der Waals surface area contributed by atoms with E-state index >= 15 is 0 Å². The molecular weight excluding hydrogens is 444 g/mol. The summed E-state index contributed by atoms with van der Waals surface area (Å²) < 4.78 is 0. The molecule has 6 rings (SSSR count). The number of carbonyl (C=O) groups excluding carboxylic acids is 1. The van der Waals surface area contributed by atoms with Crippen molar-refractivity contribution < 1.29 is 4.79 Å². The molecule has 34 heavy (non-hydrogen) atoms. The minimum atomic E-state index is -0.505. The molecule has 0 saturated heterocycles. The van der Waals surface area contributed by atoms with Crippen LogP contribution in [0.5, 0.6) is 0 Å². The Hall–Kier alpha value is -3.41. The Balaban J connectivity index is 1.25. The van der Waals surface area contributed by atoms with Gasteiger partial charge < -0.3 is 10.2 Å². The van der Waals surface area contributed by atoms with E-state index in [-0.39, 0.29) is 11.8 Å². The predicted octanol–water partition coefficient (Wildman–Crippen LogP) is 5.83. The Kier molecular flexibility index (Phi) is 4.87. The normalized spacial score (nSPS) is 21.1. The van der Waals surface area contributed by atoms with Crippen molar-refractivity contribution in [1.82, 2.24) is 15.1 Å². The third-order valence-electron chi connectivity index (χ3n) is 7.01. The van der Waals surface area contributed by atoms with Crippen molar-refractivity contribution in [1.29, 1.82) is 0 Å². The summed E-state index contributed by atoms with van der Waals surface area (Å²) in [5, 5.41) is 12.5. The van der Waals surface area contributed by atoms with E-state index < -0.39 is 5.41 Å². The van der Waals surface area contributed by atoms with E-state index in [1.54, 1.807) is 0 Å². The first kappa shape index (κ1) is 21.1. The summed E-state index contributed by atoms with van der Waals surface area (Å²) in [6.45, 7) is 0.929. The monoisotopic (exact) mass is 468 g/mol. The molecule has 2 atom stereocenters. The molecular formula is C28H25ClN4O. The zero-order valence-electron chi connectivity index (χ0n) is 19.1. The lowest BCUT2D eigenvalue weighted by atomic mass is 9.92. The maximum atomic E-state index is 12.9. The first-order valence-corrected chi connectivity index (χ1v) is 11.8. The lowest BCUT2D eigenvalue weighted by Crippen LogP contribution is -2.20. The van der Waals surface area contributed by atoms with Crippen LogP contribution >= 0.6 is 11.6 Å². The molecule has 2 unspecified atom stereocenters. The van der Waals surface area contributed by atoms with Crippen LogP contribution in [-0.2, 0) is 16.8 Å². The number of nitrogens with zero attached hydrogens (tertiary/aromatic N) is 2. The number of amides is 1. The zero-order valence-corrected chi connectivity index (χ0v) is 19.9. The van der Waals surface area contributed by atoms with Crippen molar-refractivity contribution in [2.75, 3.05) is 19.4 Å². The van der Waals surface area contributed by atoms with Gasteiger partial charge >= 0.3 is 0 Å². The molecule has 1 saturated carbocycles. The van der Waals surface area contributed by atoms with E-state index in [0.29, 0.717) is 5.02 Å². The van der Waals surface area contributed by atoms with Crippen LogP contribution in [0.4, 0.5) is 5.69 Å². The highest BCUT2D eigenvalue weighted by Gasteiger charge is 2.65. The average Bonchev–Trinajstić information content (AvgIpc) is 3.36. The molecule has 0 radical (unpaired) electrons. The molecule has 2 aliphatic rings. The largest absolute Gasteiger partial charge is 0.325 e. The van der Waals surface area contributed by atoms with E-state index in [2.05, 4.69) is 83.0 Å². The molecule has 2 N–H and O–H groups in total. The van der Waals surface area contributed by atoms with Gasteiger partial charge in [0.25, 0.3) is 0 Å². The lowest BCUT2D eigenvalue weighted by Gasteiger charge is -2.09. The smallest absolute Gasteiger partial charge is 0.235 e. The van der Waals surface area contributed by atoms with Gasteiger partial charge in [0.05, 0.1) is 16.6 Å². The minimum absolute atomic E-state index is 0.0692. The van der Waals surface area contributed by atoms with Crippen LogP contribution in [0.1, 0.15) is 40.3 Å². The third kappa shape index (κ3) is 3.44. The lowest BCUT2D eigenvalue weighted by molar-refractivity contribution is -0.118. The van der Waals surface area contributed by atoms with Gasteiger partial charge in [-0.2, -0.15) is 5.10 Å². The maximum absolute atomic E-state index is 12.9. The third-order valence-corrected chi connectivity index (χ3v) is 7.24. The van der Waals surface area contributed by atoms with E-state index in [9.17, 15) is 4.79 Å². The van der Waals surface area contributed by atoms with Crippen LogP contribution in [0.3, 0.4) is 0 Å². The first-order chi connectivity index (χ1) is 16.4. The molecule has 2 heterocycles. The molecule has 1 aliphatic carbocycles. The van der Waals surface area contributed by atoms with E-state index in [1.807, 2.05) is 24.3 Å². The number of nitrogens with one attached hydrogen (secondary N) is 2. The molecule has 1 spiro atoms. The number of aromatic amines is 1. The minimum Gasteiger partial charge on any atom is -0.325 e. The maximum Gasteiger partial charge on any atom is 0.235 e. The fraction of sp³-hybridized carbons (Fsp3) is 0.214. The molecule has 5 nitrogen and oxygen atoms in total. The standard InChI is InChI=1S/C28H25ClN4O/c1-33(2)16-18-5-3-17(4-6-18)7-11-24-21-10-8-19(13-26(21)32-31-24)23-15-28(23)22-14-20(29)9-12-25(22)30-27(28)34/h3-14,23H,15-16H2,1-2H3,(H,30,34)(H,31,32)/b11-7+. The highest BCUT2D eigenvalue weighted by molar-refractivity contribution is 6.31. The van der Waals surface area contributed by atoms with Crippen LogP contribution in [0.25, 0.3) is 23.1 Å². The molecule has 1 aromatic heterocycles. The van der Waals surface area contributed by atoms with Crippen molar-refractivity contribution in [2.24, 2.45) is 0 Å². The summed E-state index contributed by atoms with van der Waals surface area (Å²) in [4.78, 5) is 15.0. The predicted molar refractivity (Wildman–Crippen MR) is 138 cm³/mol. The second-order valence-corrected chi connectivity index (χ2v) is 10.0. The topological polar surface area (TPSA) is 61.0 Å². The fourth-order valence-electron chi connectivity index (χ4n) is 5.24. The Labute approximate surface area is 203 Å². The molecule has 170 valence electrons. The number of benzene rings is 3. The molecule has 0 bridgehead atoms. The quantitative estimate of drug-likeness (QED) is 0.387. The van der Waals surface area contributed by atoms with Gasteiger partial charge in [0, 0.05) is 28.6 Å². The summed E-state index contributed by atoms with van der Waals surface area (Å²) in [5.74, 6) is 0.208. The van der Waals surface area contributed by atoms with Crippen molar-refractivity contribution in [2.45, 2.75) is 24.3 Å². The van der Waals surface area contributed by atoms with Gasteiger partial charge in [-0.05, 0) is 73.1 Å². The van der Waals surface area contributed by atoms with Gasteiger partial charge in [-0.1, -0.05) is 54.1 Å². The summed E-state index contributed by atoms with van der Waals surface area (Å²) in [5.41, 5.74) is 6.84. The zero-order chi connectivity index (χ0) is 23.4. The Morgan fingerprint density at radius 3 is 2.71 bits per heavy atom. The van der Waals surface area contributed by atoms with Gasteiger partial charge in [-0.3, -0.25) is 9.89 Å². The second kappa shape index (κ2) is 7.83. The number of hydrogen-bond donors (Lipinski definition) is 2. The van der Waals surface area contributed by atoms with E-state index in [4.69, 9.17) is 11.6 Å². The van der Waals surface area contributed by atoms with Gasteiger partial charge in [0.2, 0.25) is 5.91 Å². The molecule has 1 amide bonds. The summed E-state index contributed by atoms with van der Waals surface area (Å²) >= 11 is 6.24. The van der Waals surface area contributed by atoms with Gasteiger partial charge in [0.1, 0.15) is 0 Å². The molecule has 6 heteroatoms. The van der Waals surface area contributed by atoms with Crippen molar-refractivity contribution in [3.8, 4) is 0 Å². The van der Waals surface area contributed by atoms with Crippen LogP contribution in [0, 0.1) is 0 Å². The fourth-order valence-corrected chi connectivity index (χ4v) is 5.41. The van der Waals surface area contributed by atoms with Gasteiger partial charge in [-0.15, -0.1) is 0 Å². The average molecular weight is 469 g/mol. The first-order valence-electron chi connectivity index (χ1n) is 11.5. The molecule has 1 aliphatic heterocycles.